The van der Waals surface area contributed by atoms with Crippen molar-refractivity contribution >= 4 is 28.9 Å². The maximum Gasteiger partial charge on any atom is 0.250 e. The monoisotopic (exact) mass is 307 g/mol. The van der Waals surface area contributed by atoms with E-state index in [4.69, 9.17) is 23.1 Å². The van der Waals surface area contributed by atoms with Gasteiger partial charge < -0.3 is 16.8 Å². The highest BCUT2D eigenvalue weighted by molar-refractivity contribution is 6.30. The second kappa shape index (κ2) is 6.45. The fourth-order valence-electron chi connectivity index (χ4n) is 1.93. The maximum absolute atomic E-state index is 13.8. The number of hydrogen-bond acceptors (Lipinski definition) is 3. The van der Waals surface area contributed by atoms with Crippen molar-refractivity contribution in [1.82, 2.24) is 0 Å². The van der Waals surface area contributed by atoms with Crippen LogP contribution in [-0.4, -0.2) is 12.5 Å². The first-order valence-corrected chi connectivity index (χ1v) is 6.72. The van der Waals surface area contributed by atoms with Gasteiger partial charge in [0.05, 0.1) is 11.3 Å². The number of amides is 1. The number of primary amides is 1. The average Bonchev–Trinajstić information content (AvgIpc) is 2.43. The highest BCUT2D eigenvalue weighted by atomic mass is 35.5. The van der Waals surface area contributed by atoms with Crippen LogP contribution in [0.1, 0.15) is 15.9 Å². The normalized spacial score (nSPS) is 10.4. The SMILES string of the molecule is NC(=O)c1cc(NCCc2ccc(Cl)cc2)c(F)cc1N. The van der Waals surface area contributed by atoms with Crippen molar-refractivity contribution in [2.45, 2.75) is 6.42 Å². The number of benzene rings is 2. The summed E-state index contributed by atoms with van der Waals surface area (Å²) in [6, 6.07) is 9.81. The van der Waals surface area contributed by atoms with Crippen LogP contribution >= 0.6 is 11.6 Å². The lowest BCUT2D eigenvalue weighted by Crippen LogP contribution is -2.15. The summed E-state index contributed by atoms with van der Waals surface area (Å²) in [6.07, 6.45) is 0.687. The highest BCUT2D eigenvalue weighted by Crippen LogP contribution is 2.22. The van der Waals surface area contributed by atoms with Crippen LogP contribution in [-0.2, 0) is 6.42 Å². The fourth-order valence-corrected chi connectivity index (χ4v) is 2.06. The first-order valence-electron chi connectivity index (χ1n) is 6.34. The number of carbonyl (C=O) groups is 1. The molecule has 4 nitrogen and oxygen atoms in total. The Bertz CT molecular complexity index is 659. The van der Waals surface area contributed by atoms with E-state index in [0.29, 0.717) is 18.0 Å². The molecule has 0 aromatic heterocycles. The Balaban J connectivity index is 2.04. The largest absolute Gasteiger partial charge is 0.398 e. The van der Waals surface area contributed by atoms with Gasteiger partial charge in [0.2, 0.25) is 0 Å². The van der Waals surface area contributed by atoms with Crippen molar-refractivity contribution in [3.8, 4) is 0 Å². The molecule has 0 atom stereocenters. The van der Waals surface area contributed by atoms with E-state index in [-0.39, 0.29) is 16.9 Å². The van der Waals surface area contributed by atoms with E-state index in [9.17, 15) is 9.18 Å². The predicted octanol–water partition coefficient (Wildman–Crippen LogP) is 2.81. The van der Waals surface area contributed by atoms with Gasteiger partial charge in [0.1, 0.15) is 5.82 Å². The van der Waals surface area contributed by atoms with Crippen molar-refractivity contribution in [3.05, 3.63) is 58.4 Å². The number of nitrogen functional groups attached to an aromatic ring is 1. The molecule has 2 aromatic carbocycles. The van der Waals surface area contributed by atoms with Crippen molar-refractivity contribution in [2.24, 2.45) is 5.73 Å². The number of nitrogens with one attached hydrogen (secondary N) is 1. The lowest BCUT2D eigenvalue weighted by atomic mass is 10.1. The van der Waals surface area contributed by atoms with Gasteiger partial charge in [-0.2, -0.15) is 0 Å². The zero-order valence-corrected chi connectivity index (χ0v) is 12.0. The third-order valence-corrected chi connectivity index (χ3v) is 3.30. The molecular weight excluding hydrogens is 293 g/mol. The number of hydrogen-bond donors (Lipinski definition) is 3. The van der Waals surface area contributed by atoms with Gasteiger partial charge in [-0.15, -0.1) is 0 Å². The summed E-state index contributed by atoms with van der Waals surface area (Å²) in [5.74, 6) is -1.21. The van der Waals surface area contributed by atoms with Crippen LogP contribution in [0.5, 0.6) is 0 Å². The Morgan fingerprint density at radius 2 is 1.90 bits per heavy atom. The molecule has 0 aliphatic rings. The molecule has 2 rings (SSSR count). The minimum atomic E-state index is -0.687. The zero-order chi connectivity index (χ0) is 15.4. The van der Waals surface area contributed by atoms with Gasteiger partial charge in [0.25, 0.3) is 5.91 Å². The molecule has 0 saturated carbocycles. The summed E-state index contributed by atoms with van der Waals surface area (Å²) in [7, 11) is 0. The number of halogens is 2. The molecule has 5 N–H and O–H groups in total. The Morgan fingerprint density at radius 3 is 2.52 bits per heavy atom. The van der Waals surface area contributed by atoms with E-state index in [0.717, 1.165) is 11.6 Å². The fraction of sp³-hybridized carbons (Fsp3) is 0.133. The molecule has 21 heavy (non-hydrogen) atoms. The van der Waals surface area contributed by atoms with E-state index in [1.54, 1.807) is 12.1 Å². The van der Waals surface area contributed by atoms with Crippen LogP contribution in [0.4, 0.5) is 15.8 Å². The molecule has 0 spiro atoms. The lowest BCUT2D eigenvalue weighted by molar-refractivity contribution is 0.100. The molecule has 0 fully saturated rings. The second-order valence-electron chi connectivity index (χ2n) is 4.59. The summed E-state index contributed by atoms with van der Waals surface area (Å²) in [5, 5.41) is 3.60. The standard InChI is InChI=1S/C15H15ClFN3O/c16-10-3-1-9(2-4-10)5-6-20-14-7-11(15(19)21)13(18)8-12(14)17/h1-4,7-8,20H,5-6,18H2,(H2,19,21). The molecule has 0 radical (unpaired) electrons. The van der Waals surface area contributed by atoms with Crippen molar-refractivity contribution in [2.75, 3.05) is 17.6 Å². The number of carbonyl (C=O) groups excluding carboxylic acids is 1. The van der Waals surface area contributed by atoms with Gasteiger partial charge in [-0.05, 0) is 36.2 Å². The second-order valence-corrected chi connectivity index (χ2v) is 5.02. The Labute approximate surface area is 126 Å². The molecule has 0 unspecified atom stereocenters. The van der Waals surface area contributed by atoms with Crippen molar-refractivity contribution < 1.29 is 9.18 Å². The minimum absolute atomic E-state index is 0.0308. The molecule has 2 aromatic rings. The van der Waals surface area contributed by atoms with Gasteiger partial charge in [0.15, 0.2) is 0 Å². The topological polar surface area (TPSA) is 81.1 Å². The Hall–Kier alpha value is -2.27. The maximum atomic E-state index is 13.8. The molecule has 0 saturated heterocycles. The lowest BCUT2D eigenvalue weighted by Gasteiger charge is -2.10. The summed E-state index contributed by atoms with van der Waals surface area (Å²) in [4.78, 5) is 11.2. The van der Waals surface area contributed by atoms with E-state index in [2.05, 4.69) is 5.32 Å². The molecule has 110 valence electrons. The smallest absolute Gasteiger partial charge is 0.250 e. The van der Waals surface area contributed by atoms with Crippen LogP contribution in [0.2, 0.25) is 5.02 Å². The van der Waals surface area contributed by atoms with Crippen molar-refractivity contribution in [1.29, 1.82) is 0 Å². The number of anilines is 2. The van der Waals surface area contributed by atoms with Gasteiger partial charge >= 0.3 is 0 Å². The molecule has 1 amide bonds. The summed E-state index contributed by atoms with van der Waals surface area (Å²) >= 11 is 5.80. The third kappa shape index (κ3) is 3.86. The Kier molecular flexibility index (Phi) is 4.65. The summed E-state index contributed by atoms with van der Waals surface area (Å²) in [6.45, 7) is 0.501. The predicted molar refractivity (Wildman–Crippen MR) is 83.0 cm³/mol. The zero-order valence-electron chi connectivity index (χ0n) is 11.2. The van der Waals surface area contributed by atoms with Crippen LogP contribution in [0, 0.1) is 5.82 Å². The molecule has 0 aliphatic carbocycles. The molecule has 0 heterocycles. The van der Waals surface area contributed by atoms with Gasteiger partial charge in [0, 0.05) is 17.3 Å². The van der Waals surface area contributed by atoms with Crippen LogP contribution in [0.15, 0.2) is 36.4 Å². The summed E-state index contributed by atoms with van der Waals surface area (Å²) < 4.78 is 13.8. The van der Waals surface area contributed by atoms with E-state index in [1.165, 1.54) is 6.07 Å². The first kappa shape index (κ1) is 15.1. The van der Waals surface area contributed by atoms with Crippen molar-refractivity contribution in [3.63, 3.8) is 0 Å². The number of nitrogens with two attached hydrogens (primary N) is 2. The van der Waals surface area contributed by atoms with Crippen LogP contribution in [0.3, 0.4) is 0 Å². The van der Waals surface area contributed by atoms with E-state index < -0.39 is 11.7 Å². The van der Waals surface area contributed by atoms with Gasteiger partial charge in [-0.3, -0.25) is 4.79 Å². The molecule has 6 heteroatoms. The quantitative estimate of drug-likeness (QED) is 0.743. The van der Waals surface area contributed by atoms with E-state index >= 15 is 0 Å². The number of rotatable bonds is 5. The third-order valence-electron chi connectivity index (χ3n) is 3.05. The first-order chi connectivity index (χ1) is 9.97. The van der Waals surface area contributed by atoms with Crippen LogP contribution in [0.25, 0.3) is 0 Å². The molecule has 0 aliphatic heterocycles. The minimum Gasteiger partial charge on any atom is -0.398 e. The summed E-state index contributed by atoms with van der Waals surface area (Å²) in [5.41, 5.74) is 12.1. The van der Waals surface area contributed by atoms with Gasteiger partial charge in [-0.1, -0.05) is 23.7 Å². The highest BCUT2D eigenvalue weighted by Gasteiger charge is 2.11. The van der Waals surface area contributed by atoms with E-state index in [1.807, 2.05) is 12.1 Å². The van der Waals surface area contributed by atoms with Crippen LogP contribution < -0.4 is 16.8 Å². The average molecular weight is 308 g/mol. The van der Waals surface area contributed by atoms with Gasteiger partial charge in [-0.25, -0.2) is 4.39 Å². The molecule has 0 bridgehead atoms. The molecular formula is C15H15ClFN3O. The Morgan fingerprint density at radius 1 is 1.24 bits per heavy atom.